The van der Waals surface area contributed by atoms with Crippen molar-refractivity contribution < 1.29 is 4.79 Å². The van der Waals surface area contributed by atoms with E-state index in [4.69, 9.17) is 0 Å². The summed E-state index contributed by atoms with van der Waals surface area (Å²) in [4.78, 5) is 33.0. The van der Waals surface area contributed by atoms with Gasteiger partial charge >= 0.3 is 5.69 Å². The Kier molecular flexibility index (Phi) is 4.95. The Morgan fingerprint density at radius 1 is 1.03 bits per heavy atom. The highest BCUT2D eigenvalue weighted by Crippen LogP contribution is 2.30. The number of nitrogens with zero attached hydrogens (tertiary/aromatic N) is 3. The Bertz CT molecular complexity index is 1120. The maximum absolute atomic E-state index is 13.3. The Labute approximate surface area is 176 Å². The number of H-pyrrole nitrogens is 1. The predicted molar refractivity (Wildman–Crippen MR) is 119 cm³/mol. The third-order valence-corrected chi connectivity index (χ3v) is 6.77. The Balaban J connectivity index is 1.29. The van der Waals surface area contributed by atoms with Crippen LogP contribution in [-0.2, 0) is 11.2 Å². The van der Waals surface area contributed by atoms with Crippen molar-refractivity contribution in [3.8, 4) is 0 Å². The predicted octanol–water partition coefficient (Wildman–Crippen LogP) is 3.33. The number of aromatic nitrogens is 2. The number of fused-ring (bicyclic) bond motifs is 2. The summed E-state index contributed by atoms with van der Waals surface area (Å²) in [5.74, 6) is 0.185. The first-order chi connectivity index (χ1) is 14.6. The fourth-order valence-corrected chi connectivity index (χ4v) is 5.11. The van der Waals surface area contributed by atoms with Crippen LogP contribution in [0.2, 0.25) is 0 Å². The van der Waals surface area contributed by atoms with Crippen LogP contribution in [0.15, 0.2) is 53.3 Å². The molecule has 1 atom stereocenters. The molecule has 5 rings (SSSR count). The molecule has 3 heterocycles. The monoisotopic (exact) mass is 404 g/mol. The average Bonchev–Trinajstić information content (AvgIpc) is 3.13. The van der Waals surface area contributed by atoms with E-state index < -0.39 is 0 Å². The summed E-state index contributed by atoms with van der Waals surface area (Å²) in [6, 6.07) is 16.1. The molecule has 1 amide bonds. The second-order valence-corrected chi connectivity index (χ2v) is 8.48. The first kappa shape index (κ1) is 19.1. The largest absolute Gasteiger partial charge is 0.326 e. The van der Waals surface area contributed by atoms with Gasteiger partial charge in [0.1, 0.15) is 0 Å². The molecule has 0 spiro atoms. The smallest absolute Gasteiger partial charge is 0.311 e. The molecule has 3 aromatic rings. The minimum atomic E-state index is -0.156. The van der Waals surface area contributed by atoms with Crippen LogP contribution in [0.25, 0.3) is 11.0 Å². The summed E-state index contributed by atoms with van der Waals surface area (Å²) < 4.78 is 1.90. The number of likely N-dealkylation sites (tertiary alicyclic amines) is 1. The van der Waals surface area contributed by atoms with Gasteiger partial charge in [0.05, 0.1) is 17.1 Å². The number of hydrogen-bond acceptors (Lipinski definition) is 3. The van der Waals surface area contributed by atoms with Crippen LogP contribution in [0.5, 0.6) is 0 Å². The van der Waals surface area contributed by atoms with Crippen LogP contribution < -0.4 is 10.6 Å². The van der Waals surface area contributed by atoms with Gasteiger partial charge < -0.3 is 9.88 Å². The van der Waals surface area contributed by atoms with Gasteiger partial charge in [-0.1, -0.05) is 30.3 Å². The van der Waals surface area contributed by atoms with Gasteiger partial charge in [-0.15, -0.1) is 0 Å². The number of amides is 1. The number of piperidine rings is 1. The Morgan fingerprint density at radius 3 is 2.60 bits per heavy atom. The SMILES string of the molecule is CC(C(=O)N1CCCc2ccccc21)N1CCC(n2c(=O)[nH]c3ccccc32)CC1. The summed E-state index contributed by atoms with van der Waals surface area (Å²) in [7, 11) is 0. The number of rotatable bonds is 3. The Hall–Kier alpha value is -2.86. The maximum Gasteiger partial charge on any atom is 0.326 e. The summed E-state index contributed by atoms with van der Waals surface area (Å²) in [5.41, 5.74) is 4.15. The van der Waals surface area contributed by atoms with Gasteiger partial charge in [-0.25, -0.2) is 4.79 Å². The summed E-state index contributed by atoms with van der Waals surface area (Å²) in [6.07, 6.45) is 3.80. The molecule has 1 N–H and O–H groups in total. The maximum atomic E-state index is 13.3. The second-order valence-electron chi connectivity index (χ2n) is 8.48. The molecule has 6 heteroatoms. The third kappa shape index (κ3) is 3.25. The highest BCUT2D eigenvalue weighted by Gasteiger charge is 2.32. The van der Waals surface area contributed by atoms with Crippen molar-refractivity contribution >= 4 is 22.6 Å². The van der Waals surface area contributed by atoms with Crippen molar-refractivity contribution in [2.24, 2.45) is 0 Å². The van der Waals surface area contributed by atoms with Crippen molar-refractivity contribution in [1.29, 1.82) is 0 Å². The lowest BCUT2D eigenvalue weighted by molar-refractivity contribution is -0.123. The molecule has 6 nitrogen and oxygen atoms in total. The number of hydrogen-bond donors (Lipinski definition) is 1. The minimum Gasteiger partial charge on any atom is -0.311 e. The molecule has 30 heavy (non-hydrogen) atoms. The fraction of sp³-hybridized carbons (Fsp3) is 0.417. The van der Waals surface area contributed by atoms with Crippen molar-refractivity contribution in [3.63, 3.8) is 0 Å². The molecule has 0 saturated carbocycles. The molecule has 1 fully saturated rings. The van der Waals surface area contributed by atoms with Gasteiger partial charge in [-0.05, 0) is 56.4 Å². The second kappa shape index (κ2) is 7.76. The lowest BCUT2D eigenvalue weighted by atomic mass is 9.99. The van der Waals surface area contributed by atoms with E-state index in [1.807, 2.05) is 52.8 Å². The number of carbonyl (C=O) groups excluding carboxylic acids is 1. The van der Waals surface area contributed by atoms with Crippen molar-refractivity contribution in [1.82, 2.24) is 14.5 Å². The lowest BCUT2D eigenvalue weighted by Gasteiger charge is -2.39. The fourth-order valence-electron chi connectivity index (χ4n) is 5.11. The van der Waals surface area contributed by atoms with Crippen LogP contribution in [0.3, 0.4) is 0 Å². The Morgan fingerprint density at radius 2 is 1.77 bits per heavy atom. The average molecular weight is 405 g/mol. The summed E-state index contributed by atoms with van der Waals surface area (Å²) >= 11 is 0. The van der Waals surface area contributed by atoms with Crippen molar-refractivity contribution in [2.45, 2.75) is 44.7 Å². The van der Waals surface area contributed by atoms with Gasteiger partial charge in [-0.3, -0.25) is 14.3 Å². The molecule has 2 aromatic carbocycles. The number of nitrogens with one attached hydrogen (secondary N) is 1. The van der Waals surface area contributed by atoms with Crippen molar-refractivity contribution in [2.75, 3.05) is 24.5 Å². The zero-order valence-corrected chi connectivity index (χ0v) is 17.4. The molecule has 0 radical (unpaired) electrons. The first-order valence-corrected chi connectivity index (χ1v) is 11.0. The van der Waals surface area contributed by atoms with Gasteiger partial charge in [0.15, 0.2) is 0 Å². The first-order valence-electron chi connectivity index (χ1n) is 11.0. The van der Waals surface area contributed by atoms with Gasteiger partial charge in [-0.2, -0.15) is 0 Å². The van der Waals surface area contributed by atoms with E-state index in [0.29, 0.717) is 0 Å². The number of benzene rings is 2. The number of carbonyl (C=O) groups is 1. The molecule has 1 saturated heterocycles. The molecule has 0 bridgehead atoms. The molecule has 2 aliphatic heterocycles. The van der Waals surface area contributed by atoms with Gasteiger partial charge in [0.25, 0.3) is 0 Å². The topological polar surface area (TPSA) is 61.3 Å². The van der Waals surface area contributed by atoms with Crippen LogP contribution in [0.4, 0.5) is 5.69 Å². The summed E-state index contributed by atoms with van der Waals surface area (Å²) in [6.45, 7) is 4.46. The number of aromatic amines is 1. The molecule has 2 aliphatic rings. The molecular weight excluding hydrogens is 376 g/mol. The minimum absolute atomic E-state index is 0.0382. The van der Waals surface area contributed by atoms with E-state index in [2.05, 4.69) is 22.0 Å². The van der Waals surface area contributed by atoms with E-state index in [0.717, 1.165) is 62.0 Å². The standard InChI is InChI=1S/C24H28N4O2/c1-17(23(29)27-14-6-8-18-7-2-4-10-21(18)27)26-15-12-19(13-16-26)28-22-11-5-3-9-20(22)25-24(28)30/h2-5,7,9-11,17,19H,6,8,12-16H2,1H3,(H,25,30). The molecular formula is C24H28N4O2. The number of imidazole rings is 1. The zero-order valence-electron chi connectivity index (χ0n) is 17.4. The van der Waals surface area contributed by atoms with E-state index in [-0.39, 0.29) is 23.7 Å². The van der Waals surface area contributed by atoms with Gasteiger partial charge in [0, 0.05) is 31.4 Å². The van der Waals surface area contributed by atoms with E-state index in [1.54, 1.807) is 0 Å². The number of anilines is 1. The summed E-state index contributed by atoms with van der Waals surface area (Å²) in [5, 5.41) is 0. The molecule has 156 valence electrons. The number of para-hydroxylation sites is 3. The van der Waals surface area contributed by atoms with Crippen LogP contribution in [0, 0.1) is 0 Å². The quantitative estimate of drug-likeness (QED) is 0.728. The highest BCUT2D eigenvalue weighted by atomic mass is 16.2. The van der Waals surface area contributed by atoms with Gasteiger partial charge in [0.2, 0.25) is 5.91 Å². The molecule has 1 unspecified atom stereocenters. The van der Waals surface area contributed by atoms with E-state index >= 15 is 0 Å². The highest BCUT2D eigenvalue weighted by molar-refractivity contribution is 5.98. The zero-order chi connectivity index (χ0) is 20.7. The molecule has 0 aliphatic carbocycles. The van der Waals surface area contributed by atoms with Crippen LogP contribution in [0.1, 0.15) is 37.8 Å². The van der Waals surface area contributed by atoms with E-state index in [1.165, 1.54) is 5.56 Å². The number of aryl methyl sites for hydroxylation is 1. The van der Waals surface area contributed by atoms with E-state index in [9.17, 15) is 9.59 Å². The normalized spacial score (nSPS) is 19.0. The van der Waals surface area contributed by atoms with Crippen molar-refractivity contribution in [3.05, 3.63) is 64.6 Å². The van der Waals surface area contributed by atoms with Crippen LogP contribution >= 0.6 is 0 Å². The lowest BCUT2D eigenvalue weighted by Crippen LogP contribution is -2.51. The third-order valence-electron chi connectivity index (χ3n) is 6.77. The molecule has 1 aromatic heterocycles. The van der Waals surface area contributed by atoms with Crippen LogP contribution in [-0.4, -0.2) is 46.0 Å².